The third-order valence-corrected chi connectivity index (χ3v) is 6.88. The number of ketones is 1. The maximum atomic E-state index is 13.4. The Morgan fingerprint density at radius 3 is 2.50 bits per heavy atom. The molecule has 0 fully saturated rings. The zero-order chi connectivity index (χ0) is 21.4. The number of nitrogens with one attached hydrogen (secondary N) is 1. The molecule has 0 saturated heterocycles. The summed E-state index contributed by atoms with van der Waals surface area (Å²) in [6.07, 6.45) is 1.19. The fourth-order valence-corrected chi connectivity index (χ4v) is 5.28. The molecule has 1 aliphatic carbocycles. The van der Waals surface area contributed by atoms with E-state index < -0.39 is 0 Å². The van der Waals surface area contributed by atoms with Crippen LogP contribution in [-0.4, -0.2) is 33.0 Å². The molecular weight excluding hydrogens is 396 g/mol. The monoisotopic (exact) mass is 422 g/mol. The summed E-state index contributed by atoms with van der Waals surface area (Å²) in [5.74, 6) is -0.536. The van der Waals surface area contributed by atoms with Gasteiger partial charge in [0.15, 0.2) is 5.78 Å². The Morgan fingerprint density at radius 1 is 1.17 bits per heavy atom. The van der Waals surface area contributed by atoms with Gasteiger partial charge in [-0.3, -0.25) is 4.79 Å². The fraction of sp³-hybridized carbons (Fsp3) is 0.333. The highest BCUT2D eigenvalue weighted by atomic mass is 32.1. The van der Waals surface area contributed by atoms with E-state index in [1.165, 1.54) is 7.11 Å². The molecule has 30 heavy (non-hydrogen) atoms. The second kappa shape index (κ2) is 8.11. The van der Waals surface area contributed by atoms with Crippen molar-refractivity contribution in [1.82, 2.24) is 5.32 Å². The zero-order valence-electron chi connectivity index (χ0n) is 17.7. The molecule has 0 amide bonds. The lowest BCUT2D eigenvalue weighted by Crippen LogP contribution is -2.35. The van der Waals surface area contributed by atoms with Crippen molar-refractivity contribution < 1.29 is 14.3 Å². The van der Waals surface area contributed by atoms with Gasteiger partial charge >= 0.3 is 5.97 Å². The summed E-state index contributed by atoms with van der Waals surface area (Å²) in [6.45, 7) is 1.89. The molecule has 1 aliphatic heterocycles. The van der Waals surface area contributed by atoms with Gasteiger partial charge in [-0.15, -0.1) is 11.3 Å². The molecule has 1 N–H and O–H groups in total. The largest absolute Gasteiger partial charge is 0.466 e. The number of benzene rings is 1. The van der Waals surface area contributed by atoms with Gasteiger partial charge in [0.05, 0.1) is 18.6 Å². The Labute approximate surface area is 181 Å². The van der Waals surface area contributed by atoms with Crippen LogP contribution in [-0.2, 0) is 14.3 Å². The van der Waals surface area contributed by atoms with Crippen LogP contribution in [0.15, 0.2) is 64.3 Å². The highest BCUT2D eigenvalue weighted by Gasteiger charge is 2.41. The minimum absolute atomic E-state index is 0.0951. The number of nitrogens with zero attached hydrogens (tertiary/aromatic N) is 1. The molecule has 0 bridgehead atoms. The van der Waals surface area contributed by atoms with E-state index in [-0.39, 0.29) is 23.6 Å². The smallest absolute Gasteiger partial charge is 0.336 e. The van der Waals surface area contributed by atoms with Gasteiger partial charge in [0.1, 0.15) is 0 Å². The maximum Gasteiger partial charge on any atom is 0.336 e. The Balaban J connectivity index is 1.72. The lowest BCUT2D eigenvalue weighted by molar-refractivity contribution is -0.136. The van der Waals surface area contributed by atoms with Gasteiger partial charge in [0.2, 0.25) is 0 Å². The Kier molecular flexibility index (Phi) is 5.52. The number of esters is 1. The van der Waals surface area contributed by atoms with Gasteiger partial charge < -0.3 is 15.0 Å². The van der Waals surface area contributed by atoms with E-state index >= 15 is 0 Å². The molecule has 0 spiro atoms. The quantitative estimate of drug-likeness (QED) is 0.743. The summed E-state index contributed by atoms with van der Waals surface area (Å²) in [5.41, 5.74) is 5.23. The summed E-state index contributed by atoms with van der Waals surface area (Å²) in [5, 5.41) is 5.35. The molecule has 2 aromatic rings. The van der Waals surface area contributed by atoms with Crippen LogP contribution >= 0.6 is 11.3 Å². The van der Waals surface area contributed by atoms with Gasteiger partial charge in [-0.2, -0.15) is 0 Å². The Hall–Kier alpha value is -2.86. The molecule has 2 atom stereocenters. The normalized spacial score (nSPS) is 21.3. The number of dihydropyridines is 1. The van der Waals surface area contributed by atoms with Crippen molar-refractivity contribution in [3.05, 3.63) is 74.8 Å². The first-order valence-electron chi connectivity index (χ1n) is 10.0. The van der Waals surface area contributed by atoms with Crippen LogP contribution in [0.3, 0.4) is 0 Å². The highest BCUT2D eigenvalue weighted by Crippen LogP contribution is 2.46. The maximum absolute atomic E-state index is 13.4. The number of hydrogen-bond acceptors (Lipinski definition) is 6. The van der Waals surface area contributed by atoms with Crippen molar-refractivity contribution in [2.24, 2.45) is 0 Å². The van der Waals surface area contributed by atoms with Crippen LogP contribution in [0.2, 0.25) is 0 Å². The minimum atomic E-state index is -0.390. The molecule has 156 valence electrons. The van der Waals surface area contributed by atoms with Crippen LogP contribution in [0.5, 0.6) is 0 Å². The molecule has 4 rings (SSSR count). The van der Waals surface area contributed by atoms with Crippen LogP contribution < -0.4 is 10.2 Å². The summed E-state index contributed by atoms with van der Waals surface area (Å²) in [7, 11) is 5.41. The van der Waals surface area contributed by atoms with E-state index in [2.05, 4.69) is 34.5 Å². The third-order valence-electron chi connectivity index (χ3n) is 5.94. The standard InChI is InChI=1S/C24H26N2O3S/c1-14-21(24(28)29-4)23(20-6-5-11-30-20)22-18(25-14)12-16(13-19(22)27)15-7-9-17(10-8-15)26(2)3/h5-11,16,23,25H,12-13H2,1-4H3/t16-,23-/m0/s1. The minimum Gasteiger partial charge on any atom is -0.466 e. The fourth-order valence-electron chi connectivity index (χ4n) is 4.44. The molecule has 0 saturated carbocycles. The lowest BCUT2D eigenvalue weighted by Gasteiger charge is -2.36. The number of methoxy groups -OCH3 is 1. The molecule has 2 heterocycles. The summed E-state index contributed by atoms with van der Waals surface area (Å²) < 4.78 is 5.05. The van der Waals surface area contributed by atoms with E-state index in [4.69, 9.17) is 4.74 Å². The predicted molar refractivity (Wildman–Crippen MR) is 120 cm³/mol. The van der Waals surface area contributed by atoms with E-state index in [0.717, 1.165) is 33.9 Å². The van der Waals surface area contributed by atoms with Crippen molar-refractivity contribution in [1.29, 1.82) is 0 Å². The van der Waals surface area contributed by atoms with Crippen molar-refractivity contribution in [3.63, 3.8) is 0 Å². The van der Waals surface area contributed by atoms with Gasteiger partial charge in [-0.05, 0) is 48.4 Å². The van der Waals surface area contributed by atoms with Gasteiger partial charge in [0.25, 0.3) is 0 Å². The number of rotatable bonds is 4. The average molecular weight is 423 g/mol. The number of thiophene rings is 1. The van der Waals surface area contributed by atoms with Crippen LogP contribution in [0.4, 0.5) is 5.69 Å². The molecular formula is C24H26N2O3S. The third kappa shape index (κ3) is 3.56. The molecule has 0 radical (unpaired) electrons. The number of ether oxygens (including phenoxy) is 1. The number of carbonyl (C=O) groups is 2. The molecule has 0 unspecified atom stereocenters. The first-order valence-corrected chi connectivity index (χ1v) is 10.9. The molecule has 1 aromatic heterocycles. The van der Waals surface area contributed by atoms with Crippen LogP contribution in [0.25, 0.3) is 0 Å². The van der Waals surface area contributed by atoms with Gasteiger partial charge in [-0.25, -0.2) is 4.79 Å². The SMILES string of the molecule is COC(=O)C1=C(C)NC2=C(C(=O)C[C@@H](c3ccc(N(C)C)cc3)C2)[C@H]1c1cccs1. The number of hydrogen-bond donors (Lipinski definition) is 1. The molecule has 5 nitrogen and oxygen atoms in total. The van der Waals surface area contributed by atoms with Crippen molar-refractivity contribution in [2.45, 2.75) is 31.6 Å². The Morgan fingerprint density at radius 2 is 1.90 bits per heavy atom. The zero-order valence-corrected chi connectivity index (χ0v) is 18.5. The van der Waals surface area contributed by atoms with Gasteiger partial charge in [0, 0.05) is 48.0 Å². The van der Waals surface area contributed by atoms with Crippen LogP contribution in [0, 0.1) is 0 Å². The summed E-state index contributed by atoms with van der Waals surface area (Å²) >= 11 is 1.56. The van der Waals surface area contributed by atoms with Crippen molar-refractivity contribution >= 4 is 28.8 Å². The average Bonchev–Trinajstić information content (AvgIpc) is 3.26. The number of Topliss-reactive ketones (excluding diaryl/α,β-unsaturated/α-hetero) is 1. The van der Waals surface area contributed by atoms with Crippen LogP contribution in [0.1, 0.15) is 42.0 Å². The van der Waals surface area contributed by atoms with E-state index in [0.29, 0.717) is 17.6 Å². The molecule has 6 heteroatoms. The Bertz CT molecular complexity index is 1030. The summed E-state index contributed by atoms with van der Waals surface area (Å²) in [6, 6.07) is 12.3. The number of allylic oxidation sites excluding steroid dienone is 3. The predicted octanol–water partition coefficient (Wildman–Crippen LogP) is 4.35. The number of anilines is 1. The second-order valence-electron chi connectivity index (χ2n) is 8.01. The first-order chi connectivity index (χ1) is 14.4. The molecule has 2 aliphatic rings. The van der Waals surface area contributed by atoms with Gasteiger partial charge in [-0.1, -0.05) is 18.2 Å². The number of carbonyl (C=O) groups excluding carboxylic acids is 2. The van der Waals surface area contributed by atoms with Crippen molar-refractivity contribution in [3.8, 4) is 0 Å². The summed E-state index contributed by atoms with van der Waals surface area (Å²) in [4.78, 5) is 29.0. The van der Waals surface area contributed by atoms with E-state index in [9.17, 15) is 9.59 Å². The molecule has 1 aromatic carbocycles. The topological polar surface area (TPSA) is 58.6 Å². The van der Waals surface area contributed by atoms with Crippen molar-refractivity contribution in [2.75, 3.05) is 26.1 Å². The first kappa shape index (κ1) is 20.4. The lowest BCUT2D eigenvalue weighted by atomic mass is 9.73. The second-order valence-corrected chi connectivity index (χ2v) is 8.99. The highest BCUT2D eigenvalue weighted by molar-refractivity contribution is 7.10. The van der Waals surface area contributed by atoms with E-state index in [1.807, 2.05) is 38.5 Å². The van der Waals surface area contributed by atoms with E-state index in [1.54, 1.807) is 11.3 Å².